The third-order valence-corrected chi connectivity index (χ3v) is 4.02. The van der Waals surface area contributed by atoms with Crippen LogP contribution >= 0.6 is 22.6 Å². The first-order valence-electron chi connectivity index (χ1n) is 5.81. The Hall–Kier alpha value is -0.760. The highest BCUT2D eigenvalue weighted by Gasteiger charge is 2.16. The minimum atomic E-state index is 0.159. The quantitative estimate of drug-likeness (QED) is 0.808. The van der Waals surface area contributed by atoms with Crippen molar-refractivity contribution in [3.05, 3.63) is 27.3 Å². The molecule has 3 heteroatoms. The summed E-state index contributed by atoms with van der Waals surface area (Å²) in [5, 5.41) is 12.1. The van der Waals surface area contributed by atoms with E-state index in [1.807, 2.05) is 0 Å². The largest absolute Gasteiger partial charge is 0.384 e. The SMILES string of the molecule is Cc1ccc(NCC(C)(C)CCC#N)cc1I. The van der Waals surface area contributed by atoms with Gasteiger partial charge in [0.15, 0.2) is 0 Å². The van der Waals surface area contributed by atoms with Crippen LogP contribution in [0.1, 0.15) is 32.3 Å². The Morgan fingerprint density at radius 1 is 1.41 bits per heavy atom. The lowest BCUT2D eigenvalue weighted by Gasteiger charge is -2.24. The first-order chi connectivity index (χ1) is 7.94. The van der Waals surface area contributed by atoms with Crippen molar-refractivity contribution in [2.24, 2.45) is 5.41 Å². The molecule has 92 valence electrons. The normalized spacial score (nSPS) is 11.0. The van der Waals surface area contributed by atoms with Gasteiger partial charge in [-0.05, 0) is 59.0 Å². The van der Waals surface area contributed by atoms with Gasteiger partial charge in [0.05, 0.1) is 6.07 Å². The van der Waals surface area contributed by atoms with Gasteiger partial charge >= 0.3 is 0 Å². The van der Waals surface area contributed by atoms with Crippen LogP contribution in [0.25, 0.3) is 0 Å². The lowest BCUT2D eigenvalue weighted by atomic mass is 9.88. The van der Waals surface area contributed by atoms with Crippen LogP contribution < -0.4 is 5.32 Å². The Morgan fingerprint density at radius 3 is 2.71 bits per heavy atom. The first kappa shape index (κ1) is 14.3. The Bertz CT molecular complexity index is 419. The summed E-state index contributed by atoms with van der Waals surface area (Å²) >= 11 is 2.35. The van der Waals surface area contributed by atoms with Crippen LogP contribution in [-0.2, 0) is 0 Å². The predicted molar refractivity (Wildman–Crippen MR) is 81.0 cm³/mol. The maximum absolute atomic E-state index is 8.61. The minimum absolute atomic E-state index is 0.159. The number of hydrogen-bond acceptors (Lipinski definition) is 2. The van der Waals surface area contributed by atoms with Crippen molar-refractivity contribution < 1.29 is 0 Å². The molecule has 0 radical (unpaired) electrons. The van der Waals surface area contributed by atoms with Crippen molar-refractivity contribution in [1.82, 2.24) is 0 Å². The molecule has 2 nitrogen and oxygen atoms in total. The van der Waals surface area contributed by atoms with Gasteiger partial charge in [0.25, 0.3) is 0 Å². The van der Waals surface area contributed by atoms with Crippen LogP contribution in [0.15, 0.2) is 18.2 Å². The lowest BCUT2D eigenvalue weighted by molar-refractivity contribution is 0.364. The number of nitrogens with zero attached hydrogens (tertiary/aromatic N) is 1. The third-order valence-electron chi connectivity index (χ3n) is 2.86. The number of hydrogen-bond donors (Lipinski definition) is 1. The van der Waals surface area contributed by atoms with Gasteiger partial charge in [0.2, 0.25) is 0 Å². The van der Waals surface area contributed by atoms with E-state index in [4.69, 9.17) is 5.26 Å². The van der Waals surface area contributed by atoms with E-state index >= 15 is 0 Å². The first-order valence-corrected chi connectivity index (χ1v) is 6.89. The van der Waals surface area contributed by atoms with Crippen LogP contribution in [-0.4, -0.2) is 6.54 Å². The molecule has 0 unspecified atom stereocenters. The zero-order chi connectivity index (χ0) is 12.9. The van der Waals surface area contributed by atoms with Gasteiger partial charge in [-0.15, -0.1) is 0 Å². The van der Waals surface area contributed by atoms with Gasteiger partial charge in [-0.3, -0.25) is 0 Å². The smallest absolute Gasteiger partial charge is 0.0621 e. The summed E-state index contributed by atoms with van der Waals surface area (Å²) in [5.74, 6) is 0. The fourth-order valence-corrected chi connectivity index (χ4v) is 2.04. The molecule has 0 aliphatic rings. The molecular formula is C14H19IN2. The standard InChI is InChI=1S/C14H19IN2/c1-11-5-6-12(9-13(11)15)17-10-14(2,3)7-4-8-16/h5-6,9,17H,4,7,10H2,1-3H3. The molecule has 0 saturated carbocycles. The summed E-state index contributed by atoms with van der Waals surface area (Å²) in [6.07, 6.45) is 1.56. The number of rotatable bonds is 5. The monoisotopic (exact) mass is 342 g/mol. The summed E-state index contributed by atoms with van der Waals surface area (Å²) in [4.78, 5) is 0. The van der Waals surface area contributed by atoms with Gasteiger partial charge in [0.1, 0.15) is 0 Å². The number of nitriles is 1. The molecule has 0 aromatic heterocycles. The van der Waals surface area contributed by atoms with E-state index < -0.39 is 0 Å². The van der Waals surface area contributed by atoms with E-state index in [-0.39, 0.29) is 5.41 Å². The molecule has 0 saturated heterocycles. The second-order valence-electron chi connectivity index (χ2n) is 5.14. The molecule has 0 amide bonds. The molecule has 0 aliphatic carbocycles. The van der Waals surface area contributed by atoms with Crippen molar-refractivity contribution in [2.45, 2.75) is 33.6 Å². The van der Waals surface area contributed by atoms with Crippen molar-refractivity contribution in [2.75, 3.05) is 11.9 Å². The molecule has 0 aliphatic heterocycles. The minimum Gasteiger partial charge on any atom is -0.384 e. The van der Waals surface area contributed by atoms with Crippen LogP contribution in [0, 0.1) is 27.2 Å². The molecule has 0 fully saturated rings. The highest BCUT2D eigenvalue weighted by Crippen LogP contribution is 2.24. The van der Waals surface area contributed by atoms with E-state index in [2.05, 4.69) is 72.9 Å². The highest BCUT2D eigenvalue weighted by molar-refractivity contribution is 14.1. The molecule has 17 heavy (non-hydrogen) atoms. The van der Waals surface area contributed by atoms with Gasteiger partial charge < -0.3 is 5.32 Å². The van der Waals surface area contributed by atoms with E-state index in [1.165, 1.54) is 9.13 Å². The number of nitrogens with one attached hydrogen (secondary N) is 1. The molecule has 0 spiro atoms. The molecule has 0 bridgehead atoms. The average Bonchev–Trinajstić information content (AvgIpc) is 2.28. The van der Waals surface area contributed by atoms with Crippen LogP contribution in [0.2, 0.25) is 0 Å². The summed E-state index contributed by atoms with van der Waals surface area (Å²) < 4.78 is 1.28. The number of anilines is 1. The molecule has 1 N–H and O–H groups in total. The van der Waals surface area contributed by atoms with Crippen LogP contribution in [0.3, 0.4) is 0 Å². The number of benzene rings is 1. The van der Waals surface area contributed by atoms with Crippen molar-refractivity contribution >= 4 is 28.3 Å². The predicted octanol–water partition coefficient (Wildman–Crippen LogP) is 4.34. The number of aryl methyl sites for hydroxylation is 1. The average molecular weight is 342 g/mol. The Labute approximate surface area is 118 Å². The maximum atomic E-state index is 8.61. The third kappa shape index (κ3) is 4.95. The molecule has 1 rings (SSSR count). The van der Waals surface area contributed by atoms with E-state index in [0.717, 1.165) is 18.7 Å². The second-order valence-corrected chi connectivity index (χ2v) is 6.30. The zero-order valence-corrected chi connectivity index (χ0v) is 12.8. The Morgan fingerprint density at radius 2 is 2.12 bits per heavy atom. The molecule has 1 aromatic carbocycles. The second kappa shape index (κ2) is 6.25. The van der Waals surface area contributed by atoms with E-state index in [1.54, 1.807) is 0 Å². The lowest BCUT2D eigenvalue weighted by Crippen LogP contribution is -2.22. The molecule has 0 heterocycles. The van der Waals surface area contributed by atoms with Crippen molar-refractivity contribution in [3.8, 4) is 6.07 Å². The summed E-state index contributed by atoms with van der Waals surface area (Å²) in [5.41, 5.74) is 2.62. The van der Waals surface area contributed by atoms with Gasteiger partial charge in [0, 0.05) is 22.2 Å². The van der Waals surface area contributed by atoms with Gasteiger partial charge in [-0.1, -0.05) is 19.9 Å². The number of halogens is 1. The topological polar surface area (TPSA) is 35.8 Å². The highest BCUT2D eigenvalue weighted by atomic mass is 127. The zero-order valence-electron chi connectivity index (χ0n) is 10.7. The van der Waals surface area contributed by atoms with Crippen LogP contribution in [0.4, 0.5) is 5.69 Å². The van der Waals surface area contributed by atoms with E-state index in [0.29, 0.717) is 6.42 Å². The maximum Gasteiger partial charge on any atom is 0.0621 e. The van der Waals surface area contributed by atoms with Crippen LogP contribution in [0.5, 0.6) is 0 Å². The molecule has 0 atom stereocenters. The summed E-state index contributed by atoms with van der Waals surface area (Å²) in [6, 6.07) is 8.61. The van der Waals surface area contributed by atoms with E-state index in [9.17, 15) is 0 Å². The van der Waals surface area contributed by atoms with Crippen molar-refractivity contribution in [1.29, 1.82) is 5.26 Å². The van der Waals surface area contributed by atoms with Crippen molar-refractivity contribution in [3.63, 3.8) is 0 Å². The summed E-state index contributed by atoms with van der Waals surface area (Å²) in [6.45, 7) is 7.39. The fraction of sp³-hybridized carbons (Fsp3) is 0.500. The molecular weight excluding hydrogens is 323 g/mol. The Balaban J connectivity index is 2.55. The van der Waals surface area contributed by atoms with Gasteiger partial charge in [-0.2, -0.15) is 5.26 Å². The van der Waals surface area contributed by atoms with Gasteiger partial charge in [-0.25, -0.2) is 0 Å². The molecule has 1 aromatic rings. The fourth-order valence-electron chi connectivity index (χ4n) is 1.53. The summed E-state index contributed by atoms with van der Waals surface area (Å²) in [7, 11) is 0. The Kier molecular flexibility index (Phi) is 5.26.